The van der Waals surface area contributed by atoms with Gasteiger partial charge in [0.2, 0.25) is 0 Å². The van der Waals surface area contributed by atoms with Crippen molar-refractivity contribution in [3.63, 3.8) is 0 Å². The van der Waals surface area contributed by atoms with Crippen LogP contribution in [0.1, 0.15) is 29.8 Å². The number of nitrogens with one attached hydrogen (secondary N) is 1. The number of piperidine rings is 2. The summed E-state index contributed by atoms with van der Waals surface area (Å²) in [6.07, 6.45) is 5.29. The van der Waals surface area contributed by atoms with Crippen LogP contribution in [0.2, 0.25) is 0 Å². The first-order valence-corrected chi connectivity index (χ1v) is 7.82. The minimum atomic E-state index is 0.0735. The summed E-state index contributed by atoms with van der Waals surface area (Å²) < 4.78 is 0. The predicted molar refractivity (Wildman–Crippen MR) is 83.4 cm³/mol. The van der Waals surface area contributed by atoms with Crippen molar-refractivity contribution in [2.75, 3.05) is 39.0 Å². The molecule has 1 aromatic heterocycles. The summed E-state index contributed by atoms with van der Waals surface area (Å²) in [6, 6.07) is 4.37. The van der Waals surface area contributed by atoms with Gasteiger partial charge in [0.05, 0.1) is 11.9 Å². The minimum Gasteiger partial charge on any atom is -0.387 e. The Hall–Kier alpha value is -1.62. The van der Waals surface area contributed by atoms with Crippen LogP contribution in [-0.2, 0) is 0 Å². The number of fused-ring (bicyclic) bond motifs is 1. The fourth-order valence-electron chi connectivity index (χ4n) is 3.67. The van der Waals surface area contributed by atoms with Crippen LogP contribution in [0.15, 0.2) is 18.3 Å². The number of hydrogen-bond donors (Lipinski definition) is 1. The molecule has 0 aliphatic carbocycles. The van der Waals surface area contributed by atoms with Crippen LogP contribution >= 0.6 is 0 Å². The molecule has 2 saturated heterocycles. The number of rotatable bonds is 2. The summed E-state index contributed by atoms with van der Waals surface area (Å²) in [5, 5.41) is 3.02. The van der Waals surface area contributed by atoms with E-state index in [1.807, 2.05) is 24.1 Å². The van der Waals surface area contributed by atoms with Crippen LogP contribution < -0.4 is 5.32 Å². The molecule has 21 heavy (non-hydrogen) atoms. The summed E-state index contributed by atoms with van der Waals surface area (Å²) in [7, 11) is 4.06. The molecule has 2 atom stereocenters. The molecule has 0 spiro atoms. The molecule has 114 valence electrons. The van der Waals surface area contributed by atoms with E-state index in [4.69, 9.17) is 0 Å². The Balaban J connectivity index is 1.68. The monoisotopic (exact) mass is 288 g/mol. The second kappa shape index (κ2) is 6.02. The van der Waals surface area contributed by atoms with E-state index in [-0.39, 0.29) is 5.91 Å². The maximum atomic E-state index is 12.6. The molecule has 2 unspecified atom stereocenters. The highest BCUT2D eigenvalue weighted by atomic mass is 16.2. The van der Waals surface area contributed by atoms with Gasteiger partial charge in [0.1, 0.15) is 5.69 Å². The Labute approximate surface area is 126 Å². The van der Waals surface area contributed by atoms with Crippen molar-refractivity contribution in [2.45, 2.75) is 25.3 Å². The fourth-order valence-corrected chi connectivity index (χ4v) is 3.67. The molecule has 2 fully saturated rings. The molecule has 0 saturated carbocycles. The van der Waals surface area contributed by atoms with Crippen molar-refractivity contribution < 1.29 is 4.79 Å². The number of amides is 1. The van der Waals surface area contributed by atoms with E-state index < -0.39 is 0 Å². The Morgan fingerprint density at radius 1 is 1.33 bits per heavy atom. The average Bonchev–Trinajstić information content (AvgIpc) is 2.54. The van der Waals surface area contributed by atoms with Gasteiger partial charge in [-0.05, 0) is 50.9 Å². The summed E-state index contributed by atoms with van der Waals surface area (Å²) in [4.78, 5) is 21.3. The van der Waals surface area contributed by atoms with Crippen LogP contribution in [-0.4, -0.2) is 60.5 Å². The third-order valence-corrected chi connectivity index (χ3v) is 4.90. The second-order valence-electron chi connectivity index (χ2n) is 6.17. The Morgan fingerprint density at radius 2 is 2.19 bits per heavy atom. The number of hydrogen-bond acceptors (Lipinski definition) is 4. The van der Waals surface area contributed by atoms with Crippen molar-refractivity contribution in [1.29, 1.82) is 0 Å². The highest BCUT2D eigenvalue weighted by molar-refractivity contribution is 5.92. The first kappa shape index (κ1) is 14.3. The summed E-state index contributed by atoms with van der Waals surface area (Å²) >= 11 is 0. The molecule has 2 aliphatic heterocycles. The van der Waals surface area contributed by atoms with Crippen molar-refractivity contribution >= 4 is 11.6 Å². The lowest BCUT2D eigenvalue weighted by molar-refractivity contribution is 0.0313. The number of pyridine rings is 1. The molecule has 1 N–H and O–H groups in total. The van der Waals surface area contributed by atoms with Gasteiger partial charge in [-0.2, -0.15) is 0 Å². The molecule has 0 aromatic carbocycles. The molecule has 5 nitrogen and oxygen atoms in total. The van der Waals surface area contributed by atoms with Gasteiger partial charge in [0.25, 0.3) is 5.91 Å². The van der Waals surface area contributed by atoms with Gasteiger partial charge in [0, 0.05) is 26.2 Å². The van der Waals surface area contributed by atoms with Crippen molar-refractivity contribution in [3.8, 4) is 0 Å². The van der Waals surface area contributed by atoms with Gasteiger partial charge in [-0.25, -0.2) is 4.98 Å². The number of carbonyl (C=O) groups is 1. The third kappa shape index (κ3) is 2.88. The minimum absolute atomic E-state index is 0.0735. The number of aromatic nitrogens is 1. The Bertz CT molecular complexity index is 502. The topological polar surface area (TPSA) is 48.5 Å². The molecule has 1 amide bonds. The lowest BCUT2D eigenvalue weighted by Crippen LogP contribution is -2.54. The Morgan fingerprint density at radius 3 is 2.90 bits per heavy atom. The smallest absolute Gasteiger partial charge is 0.272 e. The molecule has 3 rings (SSSR count). The number of anilines is 1. The second-order valence-corrected chi connectivity index (χ2v) is 6.17. The van der Waals surface area contributed by atoms with Gasteiger partial charge in [-0.3, -0.25) is 4.79 Å². The zero-order valence-corrected chi connectivity index (χ0v) is 12.9. The molecular weight excluding hydrogens is 264 g/mol. The molecular formula is C16H24N4O. The first-order valence-electron chi connectivity index (χ1n) is 7.82. The zero-order valence-electron chi connectivity index (χ0n) is 12.9. The van der Waals surface area contributed by atoms with Gasteiger partial charge in [-0.1, -0.05) is 0 Å². The molecule has 0 radical (unpaired) electrons. The van der Waals surface area contributed by atoms with Crippen LogP contribution in [0.3, 0.4) is 0 Å². The van der Waals surface area contributed by atoms with Gasteiger partial charge >= 0.3 is 0 Å². The quantitative estimate of drug-likeness (QED) is 0.899. The highest BCUT2D eigenvalue weighted by Gasteiger charge is 2.36. The third-order valence-electron chi connectivity index (χ3n) is 4.90. The summed E-state index contributed by atoms with van der Waals surface area (Å²) in [5.41, 5.74) is 1.48. The predicted octanol–water partition coefficient (Wildman–Crippen LogP) is 1.68. The van der Waals surface area contributed by atoms with Gasteiger partial charge in [0.15, 0.2) is 0 Å². The van der Waals surface area contributed by atoms with E-state index in [9.17, 15) is 4.79 Å². The largest absolute Gasteiger partial charge is 0.387 e. The van der Waals surface area contributed by atoms with E-state index in [1.54, 1.807) is 6.20 Å². The maximum absolute atomic E-state index is 12.6. The van der Waals surface area contributed by atoms with Gasteiger partial charge in [-0.15, -0.1) is 0 Å². The van der Waals surface area contributed by atoms with E-state index in [0.29, 0.717) is 17.7 Å². The van der Waals surface area contributed by atoms with E-state index in [1.165, 1.54) is 19.4 Å². The Kier molecular flexibility index (Phi) is 4.10. The van der Waals surface area contributed by atoms with Crippen LogP contribution in [0.4, 0.5) is 5.69 Å². The molecule has 5 heteroatoms. The molecule has 1 aromatic rings. The van der Waals surface area contributed by atoms with Crippen LogP contribution in [0.5, 0.6) is 0 Å². The van der Waals surface area contributed by atoms with E-state index in [0.717, 1.165) is 25.2 Å². The first-order chi connectivity index (χ1) is 10.2. The fraction of sp³-hybridized carbons (Fsp3) is 0.625. The van der Waals surface area contributed by atoms with Crippen molar-refractivity contribution in [2.24, 2.45) is 5.92 Å². The number of carbonyl (C=O) groups excluding carboxylic acids is 1. The molecule has 3 heterocycles. The summed E-state index contributed by atoms with van der Waals surface area (Å²) in [6.45, 7) is 2.92. The standard InChI is InChI=1S/C16H24N4O/c1-17-13-5-6-14(18-10-13)16(21)20-9-7-15-12(11-20)4-3-8-19(15)2/h5-6,10,12,15,17H,3-4,7-9,11H2,1-2H3. The van der Waals surface area contributed by atoms with Crippen LogP contribution in [0, 0.1) is 5.92 Å². The number of nitrogens with zero attached hydrogens (tertiary/aromatic N) is 3. The summed E-state index contributed by atoms with van der Waals surface area (Å²) in [5.74, 6) is 0.697. The highest BCUT2D eigenvalue weighted by Crippen LogP contribution is 2.30. The zero-order chi connectivity index (χ0) is 14.8. The van der Waals surface area contributed by atoms with E-state index >= 15 is 0 Å². The number of likely N-dealkylation sites (tertiary alicyclic amines) is 2. The van der Waals surface area contributed by atoms with Crippen molar-refractivity contribution in [1.82, 2.24) is 14.8 Å². The SMILES string of the molecule is CNc1ccc(C(=O)N2CCC3C(CCCN3C)C2)nc1. The maximum Gasteiger partial charge on any atom is 0.272 e. The van der Waals surface area contributed by atoms with Crippen LogP contribution in [0.25, 0.3) is 0 Å². The van der Waals surface area contributed by atoms with Crippen molar-refractivity contribution in [3.05, 3.63) is 24.0 Å². The van der Waals surface area contributed by atoms with Gasteiger partial charge < -0.3 is 15.1 Å². The lowest BCUT2D eigenvalue weighted by Gasteiger charge is -2.45. The molecule has 0 bridgehead atoms. The normalized spacial score (nSPS) is 26.3. The molecule has 2 aliphatic rings. The lowest BCUT2D eigenvalue weighted by atomic mass is 9.84. The average molecular weight is 288 g/mol. The van der Waals surface area contributed by atoms with E-state index in [2.05, 4.69) is 22.2 Å².